The molecule has 0 aliphatic heterocycles. The topological polar surface area (TPSA) is 42.0 Å². The smallest absolute Gasteiger partial charge is 0.351 e. The summed E-state index contributed by atoms with van der Waals surface area (Å²) in [6, 6.07) is 0. The molecular formula is C29H39F3N2OS. The number of alkyl halides is 3. The predicted molar refractivity (Wildman–Crippen MR) is 142 cm³/mol. The van der Waals surface area contributed by atoms with Crippen molar-refractivity contribution in [2.24, 2.45) is 0 Å². The van der Waals surface area contributed by atoms with Crippen LogP contribution in [0.1, 0.15) is 101 Å². The second kappa shape index (κ2) is 13.4. The molecule has 2 bridgehead atoms. The van der Waals surface area contributed by atoms with E-state index in [2.05, 4.69) is 65.8 Å². The Hall–Kier alpha value is -2.15. The van der Waals surface area contributed by atoms with Crippen molar-refractivity contribution >= 4 is 17.2 Å². The molecule has 0 spiro atoms. The third-order valence-electron chi connectivity index (χ3n) is 6.92. The van der Waals surface area contributed by atoms with Gasteiger partial charge in [-0.1, -0.05) is 68.4 Å². The molecular weight excluding hydrogens is 481 g/mol. The number of halogens is 3. The van der Waals surface area contributed by atoms with Gasteiger partial charge in [-0.05, 0) is 64.2 Å². The molecule has 0 aromatic carbocycles. The summed E-state index contributed by atoms with van der Waals surface area (Å²) in [5, 5.41) is 4.77. The molecule has 1 amide bonds. The molecule has 1 N–H and O–H groups in total. The van der Waals surface area contributed by atoms with E-state index in [0.29, 0.717) is 30.7 Å². The van der Waals surface area contributed by atoms with E-state index in [1.165, 1.54) is 25.7 Å². The Kier molecular flexibility index (Phi) is 10.6. The summed E-state index contributed by atoms with van der Waals surface area (Å²) >= 11 is 1.09. The summed E-state index contributed by atoms with van der Waals surface area (Å²) in [4.78, 5) is 16.1. The van der Waals surface area contributed by atoms with Crippen molar-refractivity contribution in [3.8, 4) is 0 Å². The standard InChI is InChI=1S/C29H39F3N2OS/c1-2-3-4-5-6-7-8-9-10-11-12-13-14-15-16-17-18-19-25(35)34-28-21-27(22-28,23-28)26-33-24(20-36-26)29(30,31)32/h6-7,9-10,12-13,15-16,20H,2-5,8,11,14,17-19,21-23H2,1H3,(H,34,35)/b7-6-,10-9-,13-12-,16-15-. The summed E-state index contributed by atoms with van der Waals surface area (Å²) < 4.78 is 38.4. The molecule has 3 aliphatic rings. The average Bonchev–Trinajstić information content (AvgIpc) is 3.28. The van der Waals surface area contributed by atoms with Crippen LogP contribution in [0.4, 0.5) is 13.2 Å². The second-order valence-electron chi connectivity index (χ2n) is 10.2. The number of carbonyl (C=O) groups is 1. The Labute approximate surface area is 217 Å². The van der Waals surface area contributed by atoms with Crippen LogP contribution in [0, 0.1) is 0 Å². The molecule has 0 atom stereocenters. The number of nitrogens with one attached hydrogen (secondary N) is 1. The maximum absolute atomic E-state index is 12.8. The molecule has 0 unspecified atom stereocenters. The van der Waals surface area contributed by atoms with Crippen LogP contribution in [0.25, 0.3) is 0 Å². The Morgan fingerprint density at radius 1 is 0.944 bits per heavy atom. The van der Waals surface area contributed by atoms with Gasteiger partial charge < -0.3 is 5.32 Å². The van der Waals surface area contributed by atoms with Crippen LogP contribution in [0.5, 0.6) is 0 Å². The maximum Gasteiger partial charge on any atom is 0.434 e. The van der Waals surface area contributed by atoms with Crippen LogP contribution < -0.4 is 5.32 Å². The first-order chi connectivity index (χ1) is 17.3. The average molecular weight is 521 g/mol. The monoisotopic (exact) mass is 520 g/mol. The van der Waals surface area contributed by atoms with E-state index in [1.807, 2.05) is 0 Å². The van der Waals surface area contributed by atoms with Crippen LogP contribution in [-0.4, -0.2) is 16.4 Å². The van der Waals surface area contributed by atoms with Gasteiger partial charge in [0.15, 0.2) is 5.69 Å². The fourth-order valence-electron chi connectivity index (χ4n) is 5.09. The molecule has 3 saturated carbocycles. The molecule has 0 saturated heterocycles. The number of nitrogens with zero attached hydrogens (tertiary/aromatic N) is 1. The van der Waals surface area contributed by atoms with E-state index in [-0.39, 0.29) is 16.9 Å². The minimum Gasteiger partial charge on any atom is -0.351 e. The first kappa shape index (κ1) is 28.4. The molecule has 1 heterocycles. The van der Waals surface area contributed by atoms with Crippen LogP contribution in [0.15, 0.2) is 54.0 Å². The number of thiazole rings is 1. The van der Waals surface area contributed by atoms with Crippen LogP contribution in [0.2, 0.25) is 0 Å². The number of amides is 1. The first-order valence-corrected chi connectivity index (χ1v) is 14.1. The van der Waals surface area contributed by atoms with Gasteiger partial charge in [-0.25, -0.2) is 4.98 Å². The highest BCUT2D eigenvalue weighted by Gasteiger charge is 2.70. The van der Waals surface area contributed by atoms with Gasteiger partial charge in [0.05, 0.1) is 5.01 Å². The number of carbonyl (C=O) groups excluding carboxylic acids is 1. The molecule has 198 valence electrons. The van der Waals surface area contributed by atoms with Crippen molar-refractivity contribution in [2.45, 2.75) is 108 Å². The van der Waals surface area contributed by atoms with E-state index in [4.69, 9.17) is 0 Å². The lowest BCUT2D eigenvalue weighted by molar-refractivity contribution is -0.142. The molecule has 0 radical (unpaired) electrons. The van der Waals surface area contributed by atoms with Crippen molar-refractivity contribution in [3.05, 3.63) is 64.7 Å². The minimum absolute atomic E-state index is 0.0364. The summed E-state index contributed by atoms with van der Waals surface area (Å²) in [6.07, 6.45) is 25.3. The molecule has 1 aromatic rings. The zero-order chi connectivity index (χ0) is 25.9. The van der Waals surface area contributed by atoms with Crippen molar-refractivity contribution < 1.29 is 18.0 Å². The van der Waals surface area contributed by atoms with E-state index in [9.17, 15) is 18.0 Å². The van der Waals surface area contributed by atoms with Gasteiger partial charge in [0, 0.05) is 22.8 Å². The Morgan fingerprint density at radius 2 is 1.50 bits per heavy atom. The van der Waals surface area contributed by atoms with Gasteiger partial charge in [0.25, 0.3) is 0 Å². The van der Waals surface area contributed by atoms with Gasteiger partial charge in [-0.3, -0.25) is 4.79 Å². The highest BCUT2D eigenvalue weighted by Crippen LogP contribution is 2.68. The number of allylic oxidation sites excluding steroid dienone is 8. The van der Waals surface area contributed by atoms with Gasteiger partial charge in [-0.15, -0.1) is 11.3 Å². The van der Waals surface area contributed by atoms with Crippen molar-refractivity contribution in [2.75, 3.05) is 0 Å². The van der Waals surface area contributed by atoms with Crippen molar-refractivity contribution in [3.63, 3.8) is 0 Å². The van der Waals surface area contributed by atoms with E-state index in [1.54, 1.807) is 0 Å². The lowest BCUT2D eigenvalue weighted by atomic mass is 9.39. The lowest BCUT2D eigenvalue weighted by Gasteiger charge is -2.69. The Morgan fingerprint density at radius 3 is 2.03 bits per heavy atom. The van der Waals surface area contributed by atoms with Gasteiger partial charge in [-0.2, -0.15) is 13.2 Å². The van der Waals surface area contributed by atoms with Crippen LogP contribution in [-0.2, 0) is 16.4 Å². The molecule has 4 rings (SSSR count). The Bertz CT molecular complexity index is 938. The van der Waals surface area contributed by atoms with E-state index >= 15 is 0 Å². The van der Waals surface area contributed by atoms with E-state index in [0.717, 1.165) is 48.8 Å². The third-order valence-corrected chi connectivity index (χ3v) is 8.00. The van der Waals surface area contributed by atoms with Crippen molar-refractivity contribution in [1.82, 2.24) is 10.3 Å². The first-order valence-electron chi connectivity index (χ1n) is 13.2. The summed E-state index contributed by atoms with van der Waals surface area (Å²) in [5.41, 5.74) is -1.28. The minimum atomic E-state index is -4.39. The zero-order valence-corrected chi connectivity index (χ0v) is 22.1. The fraction of sp³-hybridized carbons (Fsp3) is 0.586. The summed E-state index contributed by atoms with van der Waals surface area (Å²) in [6.45, 7) is 2.22. The zero-order valence-electron chi connectivity index (χ0n) is 21.3. The highest BCUT2D eigenvalue weighted by atomic mass is 32.1. The number of aromatic nitrogens is 1. The van der Waals surface area contributed by atoms with Crippen LogP contribution in [0.3, 0.4) is 0 Å². The fourth-order valence-corrected chi connectivity index (χ4v) is 6.12. The highest BCUT2D eigenvalue weighted by molar-refractivity contribution is 7.09. The van der Waals surface area contributed by atoms with Gasteiger partial charge in [0.2, 0.25) is 5.91 Å². The summed E-state index contributed by atoms with van der Waals surface area (Å²) in [7, 11) is 0. The number of unbranched alkanes of at least 4 members (excludes halogenated alkanes) is 4. The largest absolute Gasteiger partial charge is 0.434 e. The molecule has 1 aromatic heterocycles. The quantitative estimate of drug-likeness (QED) is 0.175. The number of hydrogen-bond donors (Lipinski definition) is 1. The molecule has 3 fully saturated rings. The van der Waals surface area contributed by atoms with Crippen molar-refractivity contribution in [1.29, 1.82) is 0 Å². The van der Waals surface area contributed by atoms with Crippen LogP contribution >= 0.6 is 11.3 Å². The second-order valence-corrected chi connectivity index (χ2v) is 11.0. The maximum atomic E-state index is 12.8. The normalized spacial score (nSPS) is 23.7. The lowest BCUT2D eigenvalue weighted by Crippen LogP contribution is -2.76. The third kappa shape index (κ3) is 8.19. The molecule has 7 heteroatoms. The van der Waals surface area contributed by atoms with Gasteiger partial charge >= 0.3 is 6.18 Å². The van der Waals surface area contributed by atoms with E-state index < -0.39 is 11.9 Å². The predicted octanol–water partition coefficient (Wildman–Crippen LogP) is 8.60. The SMILES string of the molecule is CCCCC/C=C\C/C=C\C/C=C\C/C=C\CCCC(=O)NC12CC(c3nc(C(F)(F)F)cs3)(C1)C2. The number of rotatable bonds is 16. The molecule has 3 aliphatic carbocycles. The molecule has 36 heavy (non-hydrogen) atoms. The van der Waals surface area contributed by atoms with Gasteiger partial charge in [0.1, 0.15) is 0 Å². The number of hydrogen-bond acceptors (Lipinski definition) is 3. The Balaban J connectivity index is 1.19. The summed E-state index contributed by atoms with van der Waals surface area (Å²) in [5.74, 6) is 0.0364. The molecule has 3 nitrogen and oxygen atoms in total.